The number of carbonyl (C=O) groups is 1. The van der Waals surface area contributed by atoms with Crippen LogP contribution in [0.15, 0.2) is 72.8 Å². The number of rotatable bonds is 9. The highest BCUT2D eigenvalue weighted by Gasteiger charge is 2.07. The monoisotopic (exact) mass is 436 g/mol. The highest BCUT2D eigenvalue weighted by atomic mass is 35.5. The molecule has 0 aliphatic heterocycles. The summed E-state index contributed by atoms with van der Waals surface area (Å²) in [6.45, 7) is 2.53. The molecule has 0 aliphatic carbocycles. The van der Waals surface area contributed by atoms with Gasteiger partial charge in [0.1, 0.15) is 12.4 Å². The first-order valence-electron chi connectivity index (χ1n) is 10.1. The van der Waals surface area contributed by atoms with Gasteiger partial charge in [-0.25, -0.2) is 4.79 Å². The third-order valence-corrected chi connectivity index (χ3v) is 4.84. The van der Waals surface area contributed by atoms with Crippen molar-refractivity contribution >= 4 is 23.6 Å². The minimum Gasteiger partial charge on any atom is -0.493 e. The predicted octanol–water partition coefficient (Wildman–Crippen LogP) is 6.50. The summed E-state index contributed by atoms with van der Waals surface area (Å²) in [6, 6.07) is 20.5. The lowest BCUT2D eigenvalue weighted by atomic mass is 10.1. The van der Waals surface area contributed by atoms with E-state index in [-0.39, 0.29) is 0 Å². The fraction of sp³-hybridized carbons (Fsp3) is 0.192. The Morgan fingerprint density at radius 2 is 1.65 bits per heavy atom. The molecule has 160 valence electrons. The lowest BCUT2D eigenvalue weighted by Crippen LogP contribution is -2.03. The number of methoxy groups -OCH3 is 1. The zero-order valence-electron chi connectivity index (χ0n) is 17.6. The average Bonchev–Trinajstić information content (AvgIpc) is 2.79. The molecule has 0 heterocycles. The largest absolute Gasteiger partial charge is 0.493 e. The standard InChI is InChI=1S/C26H25ClO4/c1-3-4-19-7-13-23(14-8-19)31-26(28)16-10-20-9-15-24(25(17-20)29-2)30-18-21-5-11-22(27)12-6-21/h5-17H,3-4,18H2,1-2H3/b16-10+. The summed E-state index contributed by atoms with van der Waals surface area (Å²) in [6.07, 6.45) is 5.16. The quantitative estimate of drug-likeness (QED) is 0.218. The first kappa shape index (κ1) is 22.4. The molecule has 0 amide bonds. The Bertz CT molecular complexity index is 1020. The number of ether oxygens (including phenoxy) is 3. The minimum absolute atomic E-state index is 0.395. The van der Waals surface area contributed by atoms with E-state index in [1.165, 1.54) is 11.6 Å². The van der Waals surface area contributed by atoms with Gasteiger partial charge in [0.2, 0.25) is 0 Å². The maximum atomic E-state index is 12.1. The van der Waals surface area contributed by atoms with Crippen molar-refractivity contribution in [3.8, 4) is 17.2 Å². The molecule has 0 aliphatic rings. The average molecular weight is 437 g/mol. The molecule has 4 nitrogen and oxygen atoms in total. The van der Waals surface area contributed by atoms with Crippen LogP contribution in [0.2, 0.25) is 5.02 Å². The van der Waals surface area contributed by atoms with Crippen LogP contribution in [0.3, 0.4) is 0 Å². The summed E-state index contributed by atoms with van der Waals surface area (Å²) < 4.78 is 16.6. The highest BCUT2D eigenvalue weighted by Crippen LogP contribution is 2.29. The van der Waals surface area contributed by atoms with Gasteiger partial charge in [0.05, 0.1) is 7.11 Å². The lowest BCUT2D eigenvalue weighted by molar-refractivity contribution is -0.128. The van der Waals surface area contributed by atoms with Crippen LogP contribution < -0.4 is 14.2 Å². The Morgan fingerprint density at radius 1 is 0.935 bits per heavy atom. The number of aryl methyl sites for hydroxylation is 1. The third-order valence-electron chi connectivity index (χ3n) is 4.59. The number of benzene rings is 3. The number of halogens is 1. The van der Waals surface area contributed by atoms with E-state index < -0.39 is 5.97 Å². The van der Waals surface area contributed by atoms with Crippen molar-refractivity contribution in [2.75, 3.05) is 7.11 Å². The SMILES string of the molecule is CCCc1ccc(OC(=O)/C=C/c2ccc(OCc3ccc(Cl)cc3)c(OC)c2)cc1. The Morgan fingerprint density at radius 3 is 2.32 bits per heavy atom. The maximum Gasteiger partial charge on any atom is 0.336 e. The molecule has 0 aromatic heterocycles. The molecule has 31 heavy (non-hydrogen) atoms. The second-order valence-corrected chi connectivity index (χ2v) is 7.41. The molecule has 3 aromatic carbocycles. The highest BCUT2D eigenvalue weighted by molar-refractivity contribution is 6.30. The van der Waals surface area contributed by atoms with Gasteiger partial charge >= 0.3 is 5.97 Å². The summed E-state index contributed by atoms with van der Waals surface area (Å²) in [7, 11) is 1.58. The number of hydrogen-bond acceptors (Lipinski definition) is 4. The maximum absolute atomic E-state index is 12.1. The van der Waals surface area contributed by atoms with Crippen LogP contribution >= 0.6 is 11.6 Å². The molecule has 3 rings (SSSR count). The molecule has 0 fully saturated rings. The second kappa shape index (κ2) is 11.2. The first-order chi connectivity index (χ1) is 15.1. The number of hydrogen-bond donors (Lipinski definition) is 0. The van der Waals surface area contributed by atoms with E-state index in [9.17, 15) is 4.79 Å². The van der Waals surface area contributed by atoms with Crippen LogP contribution in [0.5, 0.6) is 17.2 Å². The van der Waals surface area contributed by atoms with Gasteiger partial charge < -0.3 is 14.2 Å². The molecule has 0 unspecified atom stereocenters. The fourth-order valence-corrected chi connectivity index (χ4v) is 3.10. The van der Waals surface area contributed by atoms with Crippen molar-refractivity contribution in [3.63, 3.8) is 0 Å². The summed E-state index contributed by atoms with van der Waals surface area (Å²) in [4.78, 5) is 12.1. The van der Waals surface area contributed by atoms with Crippen molar-refractivity contribution in [3.05, 3.63) is 94.5 Å². The van der Waals surface area contributed by atoms with Gasteiger partial charge in [-0.2, -0.15) is 0 Å². The number of esters is 1. The Balaban J connectivity index is 1.59. The topological polar surface area (TPSA) is 44.8 Å². The van der Waals surface area contributed by atoms with Crippen molar-refractivity contribution in [1.29, 1.82) is 0 Å². The first-order valence-corrected chi connectivity index (χ1v) is 10.5. The minimum atomic E-state index is -0.440. The molecule has 0 saturated carbocycles. The van der Waals surface area contributed by atoms with Crippen LogP contribution in [0, 0.1) is 0 Å². The van der Waals surface area contributed by atoms with Crippen molar-refractivity contribution in [1.82, 2.24) is 0 Å². The van der Waals surface area contributed by atoms with Crippen molar-refractivity contribution in [2.24, 2.45) is 0 Å². The molecule has 5 heteroatoms. The molecule has 0 radical (unpaired) electrons. The summed E-state index contributed by atoms with van der Waals surface area (Å²) >= 11 is 5.91. The van der Waals surface area contributed by atoms with Crippen LogP contribution in [0.25, 0.3) is 6.08 Å². The van der Waals surface area contributed by atoms with E-state index in [1.54, 1.807) is 19.3 Å². The van der Waals surface area contributed by atoms with Crippen LogP contribution in [-0.4, -0.2) is 13.1 Å². The normalized spacial score (nSPS) is 10.8. The summed E-state index contributed by atoms with van der Waals surface area (Å²) in [5.74, 6) is 1.28. The second-order valence-electron chi connectivity index (χ2n) is 6.97. The molecule has 0 spiro atoms. The van der Waals surface area contributed by atoms with Gasteiger partial charge in [0.25, 0.3) is 0 Å². The molecular weight excluding hydrogens is 412 g/mol. The summed E-state index contributed by atoms with van der Waals surface area (Å²) in [5, 5.41) is 0.685. The zero-order valence-corrected chi connectivity index (χ0v) is 18.4. The van der Waals surface area contributed by atoms with Gasteiger partial charge in [-0.1, -0.05) is 55.3 Å². The van der Waals surface area contributed by atoms with Gasteiger partial charge in [0, 0.05) is 11.1 Å². The van der Waals surface area contributed by atoms with E-state index in [0.29, 0.717) is 28.9 Å². The van der Waals surface area contributed by atoms with E-state index in [0.717, 1.165) is 24.0 Å². The smallest absolute Gasteiger partial charge is 0.336 e. The zero-order chi connectivity index (χ0) is 22.1. The molecule has 0 N–H and O–H groups in total. The summed E-state index contributed by atoms with van der Waals surface area (Å²) in [5.41, 5.74) is 3.02. The van der Waals surface area contributed by atoms with Gasteiger partial charge in [-0.15, -0.1) is 0 Å². The molecule has 0 bridgehead atoms. The Hall–Kier alpha value is -3.24. The predicted molar refractivity (Wildman–Crippen MR) is 124 cm³/mol. The van der Waals surface area contributed by atoms with Gasteiger partial charge in [-0.3, -0.25) is 0 Å². The Kier molecular flexibility index (Phi) is 8.13. The molecule has 0 saturated heterocycles. The van der Waals surface area contributed by atoms with E-state index in [2.05, 4.69) is 6.92 Å². The van der Waals surface area contributed by atoms with Gasteiger partial charge in [-0.05, 0) is 65.6 Å². The molecule has 3 aromatic rings. The third kappa shape index (κ3) is 6.90. The molecule has 0 atom stereocenters. The van der Waals surface area contributed by atoms with Crippen molar-refractivity contribution < 1.29 is 19.0 Å². The van der Waals surface area contributed by atoms with Crippen LogP contribution in [0.1, 0.15) is 30.0 Å². The van der Waals surface area contributed by atoms with E-state index >= 15 is 0 Å². The van der Waals surface area contributed by atoms with E-state index in [4.69, 9.17) is 25.8 Å². The van der Waals surface area contributed by atoms with Crippen LogP contribution in [-0.2, 0) is 17.8 Å². The van der Waals surface area contributed by atoms with E-state index in [1.807, 2.05) is 60.7 Å². The lowest BCUT2D eigenvalue weighted by Gasteiger charge is -2.11. The fourth-order valence-electron chi connectivity index (χ4n) is 2.98. The number of carbonyl (C=O) groups excluding carboxylic acids is 1. The van der Waals surface area contributed by atoms with Crippen molar-refractivity contribution in [2.45, 2.75) is 26.4 Å². The Labute approximate surface area is 188 Å². The van der Waals surface area contributed by atoms with Crippen LogP contribution in [0.4, 0.5) is 0 Å². The van der Waals surface area contributed by atoms with Gasteiger partial charge in [0.15, 0.2) is 11.5 Å². The molecular formula is C26H25ClO4.